The molecular formula is C23H21N3O3. The van der Waals surface area contributed by atoms with Crippen LogP contribution in [-0.4, -0.2) is 16.0 Å². The molecule has 0 aliphatic rings. The van der Waals surface area contributed by atoms with Gasteiger partial charge in [-0.05, 0) is 42.8 Å². The highest BCUT2D eigenvalue weighted by Gasteiger charge is 2.14. The van der Waals surface area contributed by atoms with Gasteiger partial charge in [0.2, 0.25) is 5.91 Å². The maximum Gasteiger partial charge on any atom is 0.226 e. The van der Waals surface area contributed by atoms with Crippen LogP contribution in [0.4, 0.5) is 0 Å². The van der Waals surface area contributed by atoms with E-state index >= 15 is 0 Å². The first-order valence-electron chi connectivity index (χ1n) is 9.43. The number of hydrogen-bond acceptors (Lipinski definition) is 5. The summed E-state index contributed by atoms with van der Waals surface area (Å²) in [5, 5.41) is 7.89. The van der Waals surface area contributed by atoms with Gasteiger partial charge in [-0.25, -0.2) is 0 Å². The number of para-hydroxylation sites is 1. The minimum Gasteiger partial charge on any atom is -0.489 e. The Kier molecular flexibility index (Phi) is 5.52. The summed E-state index contributed by atoms with van der Waals surface area (Å²) < 4.78 is 11.0. The van der Waals surface area contributed by atoms with Crippen LogP contribution in [-0.2, 0) is 17.8 Å². The van der Waals surface area contributed by atoms with Gasteiger partial charge in [-0.2, -0.15) is 0 Å². The van der Waals surface area contributed by atoms with Gasteiger partial charge in [-0.1, -0.05) is 35.5 Å². The van der Waals surface area contributed by atoms with E-state index < -0.39 is 0 Å². The van der Waals surface area contributed by atoms with Gasteiger partial charge in [0.25, 0.3) is 0 Å². The van der Waals surface area contributed by atoms with E-state index in [1.165, 1.54) is 0 Å². The average Bonchev–Trinajstić information content (AvgIpc) is 3.16. The number of pyridine rings is 1. The van der Waals surface area contributed by atoms with Gasteiger partial charge < -0.3 is 14.6 Å². The van der Waals surface area contributed by atoms with E-state index in [9.17, 15) is 4.79 Å². The Morgan fingerprint density at radius 1 is 1.10 bits per heavy atom. The second-order valence-electron chi connectivity index (χ2n) is 6.81. The lowest BCUT2D eigenvalue weighted by molar-refractivity contribution is -0.121. The first-order chi connectivity index (χ1) is 14.2. The van der Waals surface area contributed by atoms with Crippen molar-refractivity contribution in [1.82, 2.24) is 15.5 Å². The molecule has 0 saturated carbocycles. The molecule has 1 unspecified atom stereocenters. The van der Waals surface area contributed by atoms with Crippen LogP contribution >= 0.6 is 0 Å². The normalized spacial score (nSPS) is 11.9. The number of benzene rings is 2. The molecular weight excluding hydrogens is 366 g/mol. The molecule has 0 saturated heterocycles. The van der Waals surface area contributed by atoms with Gasteiger partial charge in [0.05, 0.1) is 12.5 Å². The standard InChI is InChI=1S/C23H21N3O3/c1-16(25-23(27)13-21-20-6-2-3-7-22(20)29-26-21)18-8-10-19(11-9-18)28-15-17-5-4-12-24-14-17/h2-12,14,16H,13,15H2,1H3,(H,25,27). The zero-order chi connectivity index (χ0) is 20.1. The summed E-state index contributed by atoms with van der Waals surface area (Å²) in [6, 6.07) is 19.0. The van der Waals surface area contributed by atoms with Crippen molar-refractivity contribution < 1.29 is 14.1 Å². The molecule has 0 radical (unpaired) electrons. The van der Waals surface area contributed by atoms with Crippen LogP contribution in [0.25, 0.3) is 11.0 Å². The molecule has 1 amide bonds. The summed E-state index contributed by atoms with van der Waals surface area (Å²) in [6.07, 6.45) is 3.69. The van der Waals surface area contributed by atoms with Gasteiger partial charge in [-0.3, -0.25) is 9.78 Å². The molecule has 0 fully saturated rings. The number of hydrogen-bond donors (Lipinski definition) is 1. The van der Waals surface area contributed by atoms with E-state index in [0.717, 1.165) is 22.3 Å². The summed E-state index contributed by atoms with van der Waals surface area (Å²) in [7, 11) is 0. The molecule has 2 aromatic carbocycles. The van der Waals surface area contributed by atoms with Crippen LogP contribution in [0.5, 0.6) is 5.75 Å². The van der Waals surface area contributed by atoms with Crippen molar-refractivity contribution in [3.05, 3.63) is 89.9 Å². The minimum atomic E-state index is -0.131. The first kappa shape index (κ1) is 18.7. The summed E-state index contributed by atoms with van der Waals surface area (Å²) in [4.78, 5) is 16.5. The smallest absolute Gasteiger partial charge is 0.226 e. The van der Waals surface area contributed by atoms with Crippen molar-refractivity contribution in [3.8, 4) is 5.75 Å². The summed E-state index contributed by atoms with van der Waals surface area (Å²) >= 11 is 0. The predicted molar refractivity (Wildman–Crippen MR) is 109 cm³/mol. The second kappa shape index (κ2) is 8.56. The first-order valence-corrected chi connectivity index (χ1v) is 9.43. The van der Waals surface area contributed by atoms with Gasteiger partial charge in [0.15, 0.2) is 5.58 Å². The topological polar surface area (TPSA) is 77.2 Å². The maximum absolute atomic E-state index is 12.4. The highest BCUT2D eigenvalue weighted by atomic mass is 16.5. The van der Waals surface area contributed by atoms with Gasteiger partial charge in [0.1, 0.15) is 18.1 Å². The Morgan fingerprint density at radius 3 is 2.72 bits per heavy atom. The van der Waals surface area contributed by atoms with Crippen molar-refractivity contribution in [2.24, 2.45) is 0 Å². The largest absolute Gasteiger partial charge is 0.489 e. The van der Waals surface area contributed by atoms with Crippen molar-refractivity contribution in [3.63, 3.8) is 0 Å². The van der Waals surface area contributed by atoms with Crippen LogP contribution in [0.1, 0.15) is 29.8 Å². The Bertz CT molecular complexity index is 1090. The molecule has 146 valence electrons. The number of aromatic nitrogens is 2. The zero-order valence-corrected chi connectivity index (χ0v) is 16.0. The molecule has 6 nitrogen and oxygen atoms in total. The third-order valence-corrected chi connectivity index (χ3v) is 4.67. The molecule has 0 aliphatic heterocycles. The molecule has 0 spiro atoms. The third-order valence-electron chi connectivity index (χ3n) is 4.67. The average molecular weight is 387 g/mol. The van der Waals surface area contributed by atoms with E-state index in [0.29, 0.717) is 17.9 Å². The van der Waals surface area contributed by atoms with Gasteiger partial charge >= 0.3 is 0 Å². The minimum absolute atomic E-state index is 0.103. The van der Waals surface area contributed by atoms with E-state index in [-0.39, 0.29) is 18.4 Å². The summed E-state index contributed by atoms with van der Waals surface area (Å²) in [6.45, 7) is 2.41. The number of ether oxygens (including phenoxy) is 1. The quantitative estimate of drug-likeness (QED) is 0.514. The molecule has 0 aliphatic carbocycles. The highest BCUT2D eigenvalue weighted by Crippen LogP contribution is 2.20. The van der Waals surface area contributed by atoms with Crippen LogP contribution in [0.3, 0.4) is 0 Å². The van der Waals surface area contributed by atoms with E-state index in [1.807, 2.05) is 67.6 Å². The number of nitrogens with zero attached hydrogens (tertiary/aromatic N) is 2. The van der Waals surface area contributed by atoms with Gasteiger partial charge in [0, 0.05) is 23.3 Å². The number of amides is 1. The molecule has 1 N–H and O–H groups in total. The van der Waals surface area contributed by atoms with E-state index in [4.69, 9.17) is 9.26 Å². The SMILES string of the molecule is CC(NC(=O)Cc1noc2ccccc12)c1ccc(OCc2cccnc2)cc1. The fourth-order valence-corrected chi connectivity index (χ4v) is 3.10. The number of carbonyl (C=O) groups excluding carboxylic acids is 1. The fraction of sp³-hybridized carbons (Fsp3) is 0.174. The van der Waals surface area contributed by atoms with E-state index in [1.54, 1.807) is 12.4 Å². The van der Waals surface area contributed by atoms with Crippen molar-refractivity contribution >= 4 is 16.9 Å². The number of carbonyl (C=O) groups is 1. The van der Waals surface area contributed by atoms with Crippen molar-refractivity contribution in [2.75, 3.05) is 0 Å². The molecule has 1 atom stereocenters. The Hall–Kier alpha value is -3.67. The van der Waals surface area contributed by atoms with Crippen molar-refractivity contribution in [2.45, 2.75) is 26.0 Å². The van der Waals surface area contributed by atoms with Crippen LogP contribution in [0.2, 0.25) is 0 Å². The second-order valence-corrected chi connectivity index (χ2v) is 6.81. The molecule has 2 heterocycles. The Balaban J connectivity index is 1.33. The number of nitrogens with one attached hydrogen (secondary N) is 1. The number of fused-ring (bicyclic) bond motifs is 1. The third kappa shape index (κ3) is 4.60. The van der Waals surface area contributed by atoms with Crippen LogP contribution in [0, 0.1) is 0 Å². The lowest BCUT2D eigenvalue weighted by Gasteiger charge is -2.15. The lowest BCUT2D eigenvalue weighted by Crippen LogP contribution is -2.28. The molecule has 2 aromatic heterocycles. The summed E-state index contributed by atoms with van der Waals surface area (Å²) in [5.41, 5.74) is 3.34. The van der Waals surface area contributed by atoms with E-state index in [2.05, 4.69) is 15.5 Å². The molecule has 4 aromatic rings. The number of rotatable bonds is 7. The lowest BCUT2D eigenvalue weighted by atomic mass is 10.1. The zero-order valence-electron chi connectivity index (χ0n) is 16.0. The van der Waals surface area contributed by atoms with Gasteiger partial charge in [-0.15, -0.1) is 0 Å². The fourth-order valence-electron chi connectivity index (χ4n) is 3.10. The van der Waals surface area contributed by atoms with Crippen LogP contribution in [0.15, 0.2) is 77.6 Å². The Morgan fingerprint density at radius 2 is 1.93 bits per heavy atom. The molecule has 0 bridgehead atoms. The van der Waals surface area contributed by atoms with Crippen LogP contribution < -0.4 is 10.1 Å². The molecule has 4 rings (SSSR count). The summed E-state index contributed by atoms with van der Waals surface area (Å²) in [5.74, 6) is 0.665. The monoisotopic (exact) mass is 387 g/mol. The highest BCUT2D eigenvalue weighted by molar-refractivity contribution is 5.86. The maximum atomic E-state index is 12.4. The molecule has 6 heteroatoms. The predicted octanol–water partition coefficient (Wildman–Crippen LogP) is 4.22. The molecule has 29 heavy (non-hydrogen) atoms. The Labute approximate surface area is 168 Å². The van der Waals surface area contributed by atoms with Crippen molar-refractivity contribution in [1.29, 1.82) is 0 Å².